The average Bonchev–Trinajstić information content (AvgIpc) is 2.79. The van der Waals surface area contributed by atoms with Gasteiger partial charge in [-0.3, -0.25) is 0 Å². The third-order valence-corrected chi connectivity index (χ3v) is 3.11. The molecule has 1 aromatic rings. The monoisotopic (exact) mass is 244 g/mol. The highest BCUT2D eigenvalue weighted by Gasteiger charge is 2.04. The smallest absolute Gasteiger partial charge is 0.0700 e. The van der Waals surface area contributed by atoms with Crippen molar-refractivity contribution >= 4 is 11.3 Å². The van der Waals surface area contributed by atoms with Crippen molar-refractivity contribution in [1.82, 2.24) is 0 Å². The lowest BCUT2D eigenvalue weighted by molar-refractivity contribution is 0.0461. The summed E-state index contributed by atoms with van der Waals surface area (Å²) in [7, 11) is 1.65. The van der Waals surface area contributed by atoms with Crippen LogP contribution < -0.4 is 0 Å². The van der Waals surface area contributed by atoms with E-state index < -0.39 is 0 Å². The molecule has 0 aliphatic heterocycles. The van der Waals surface area contributed by atoms with Gasteiger partial charge >= 0.3 is 0 Å². The standard InChI is InChI=1S/C12H20O3S/c1-14-7-8-15-6-4-12(13)3-2-11-5-9-16-10-11/h5,9-10,12-13H,2-4,6-8H2,1H3. The number of aliphatic hydroxyl groups excluding tert-OH is 1. The summed E-state index contributed by atoms with van der Waals surface area (Å²) < 4.78 is 10.2. The SMILES string of the molecule is COCCOCCC(O)CCc1ccsc1. The van der Waals surface area contributed by atoms with E-state index in [1.54, 1.807) is 18.4 Å². The van der Waals surface area contributed by atoms with Crippen LogP contribution in [-0.4, -0.2) is 38.1 Å². The molecule has 16 heavy (non-hydrogen) atoms. The van der Waals surface area contributed by atoms with E-state index in [1.807, 2.05) is 0 Å². The molecule has 4 heteroatoms. The average molecular weight is 244 g/mol. The van der Waals surface area contributed by atoms with Crippen LogP contribution in [-0.2, 0) is 15.9 Å². The molecular formula is C12H20O3S. The van der Waals surface area contributed by atoms with Gasteiger partial charge in [-0.1, -0.05) is 0 Å². The lowest BCUT2D eigenvalue weighted by atomic mass is 10.1. The number of rotatable bonds is 9. The Morgan fingerprint density at radius 2 is 2.19 bits per heavy atom. The summed E-state index contributed by atoms with van der Waals surface area (Å²) in [5.41, 5.74) is 1.31. The minimum absolute atomic E-state index is 0.262. The molecule has 0 saturated carbocycles. The lowest BCUT2D eigenvalue weighted by Gasteiger charge is -2.10. The van der Waals surface area contributed by atoms with Gasteiger partial charge in [0.2, 0.25) is 0 Å². The van der Waals surface area contributed by atoms with Crippen molar-refractivity contribution in [3.63, 3.8) is 0 Å². The number of thiophene rings is 1. The molecule has 1 heterocycles. The van der Waals surface area contributed by atoms with Crippen molar-refractivity contribution < 1.29 is 14.6 Å². The first-order valence-corrected chi connectivity index (χ1v) is 6.53. The van der Waals surface area contributed by atoms with E-state index in [-0.39, 0.29) is 6.10 Å². The second kappa shape index (κ2) is 8.70. The summed E-state index contributed by atoms with van der Waals surface area (Å²) in [5, 5.41) is 13.9. The Hall–Kier alpha value is -0.420. The van der Waals surface area contributed by atoms with Crippen LogP contribution in [0.1, 0.15) is 18.4 Å². The van der Waals surface area contributed by atoms with Gasteiger partial charge in [0.15, 0.2) is 0 Å². The van der Waals surface area contributed by atoms with Crippen molar-refractivity contribution in [3.8, 4) is 0 Å². The largest absolute Gasteiger partial charge is 0.393 e. The number of ether oxygens (including phenoxy) is 2. The highest BCUT2D eigenvalue weighted by molar-refractivity contribution is 7.07. The fourth-order valence-electron chi connectivity index (χ4n) is 1.38. The first-order valence-electron chi connectivity index (χ1n) is 5.58. The highest BCUT2D eigenvalue weighted by Crippen LogP contribution is 2.10. The molecule has 1 rings (SSSR count). The number of hydrogen-bond donors (Lipinski definition) is 1. The van der Waals surface area contributed by atoms with E-state index in [0.29, 0.717) is 26.2 Å². The summed E-state index contributed by atoms with van der Waals surface area (Å²) in [5.74, 6) is 0. The molecule has 0 aliphatic carbocycles. The fourth-order valence-corrected chi connectivity index (χ4v) is 2.08. The normalized spacial score (nSPS) is 12.9. The Labute approximate surface area is 101 Å². The second-order valence-corrected chi connectivity index (χ2v) is 4.50. The van der Waals surface area contributed by atoms with Gasteiger partial charge in [0, 0.05) is 13.7 Å². The van der Waals surface area contributed by atoms with Crippen LogP contribution in [0.25, 0.3) is 0 Å². The van der Waals surface area contributed by atoms with Crippen LogP contribution in [0.3, 0.4) is 0 Å². The number of methoxy groups -OCH3 is 1. The van der Waals surface area contributed by atoms with E-state index in [9.17, 15) is 5.11 Å². The van der Waals surface area contributed by atoms with Gasteiger partial charge in [-0.25, -0.2) is 0 Å². The zero-order chi connectivity index (χ0) is 11.6. The molecular weight excluding hydrogens is 224 g/mol. The number of hydrogen-bond acceptors (Lipinski definition) is 4. The summed E-state index contributed by atoms with van der Waals surface area (Å²) in [6.07, 6.45) is 2.20. The van der Waals surface area contributed by atoms with Crippen LogP contribution >= 0.6 is 11.3 Å². The first kappa shape index (κ1) is 13.6. The molecule has 1 unspecified atom stereocenters. The molecule has 0 radical (unpaired) electrons. The van der Waals surface area contributed by atoms with Crippen LogP contribution in [0.4, 0.5) is 0 Å². The zero-order valence-electron chi connectivity index (χ0n) is 9.72. The van der Waals surface area contributed by atoms with Gasteiger partial charge in [0.25, 0.3) is 0 Å². The van der Waals surface area contributed by atoms with Gasteiger partial charge in [0.05, 0.1) is 19.3 Å². The Morgan fingerprint density at radius 3 is 2.88 bits per heavy atom. The minimum atomic E-state index is -0.262. The minimum Gasteiger partial charge on any atom is -0.393 e. The molecule has 1 atom stereocenters. The van der Waals surface area contributed by atoms with Crippen molar-refractivity contribution in [3.05, 3.63) is 22.4 Å². The molecule has 0 aromatic carbocycles. The van der Waals surface area contributed by atoms with E-state index in [0.717, 1.165) is 12.8 Å². The van der Waals surface area contributed by atoms with Crippen molar-refractivity contribution in [2.75, 3.05) is 26.9 Å². The Bertz CT molecular complexity index is 249. The molecule has 1 N–H and O–H groups in total. The maximum atomic E-state index is 9.70. The quantitative estimate of drug-likeness (QED) is 0.676. The second-order valence-electron chi connectivity index (χ2n) is 3.72. The van der Waals surface area contributed by atoms with Crippen molar-refractivity contribution in [2.24, 2.45) is 0 Å². The summed E-state index contributed by atoms with van der Waals surface area (Å²) in [6, 6.07) is 2.10. The van der Waals surface area contributed by atoms with Gasteiger partial charge in [-0.15, -0.1) is 0 Å². The molecule has 0 aliphatic rings. The number of aliphatic hydroxyl groups is 1. The number of aryl methyl sites for hydroxylation is 1. The van der Waals surface area contributed by atoms with Gasteiger partial charge in [-0.2, -0.15) is 11.3 Å². The van der Waals surface area contributed by atoms with Gasteiger partial charge in [-0.05, 0) is 41.7 Å². The molecule has 92 valence electrons. The van der Waals surface area contributed by atoms with E-state index in [1.165, 1.54) is 5.56 Å². The molecule has 3 nitrogen and oxygen atoms in total. The maximum absolute atomic E-state index is 9.70. The van der Waals surface area contributed by atoms with E-state index in [2.05, 4.69) is 16.8 Å². The van der Waals surface area contributed by atoms with Crippen molar-refractivity contribution in [2.45, 2.75) is 25.4 Å². The summed E-state index contributed by atoms with van der Waals surface area (Å²) >= 11 is 1.70. The Kier molecular flexibility index (Phi) is 7.42. The lowest BCUT2D eigenvalue weighted by Crippen LogP contribution is -2.13. The van der Waals surface area contributed by atoms with Crippen molar-refractivity contribution in [1.29, 1.82) is 0 Å². The van der Waals surface area contributed by atoms with Crippen LogP contribution in [0.2, 0.25) is 0 Å². The zero-order valence-corrected chi connectivity index (χ0v) is 10.5. The molecule has 0 amide bonds. The van der Waals surface area contributed by atoms with Crippen LogP contribution in [0, 0.1) is 0 Å². The summed E-state index contributed by atoms with van der Waals surface area (Å²) in [4.78, 5) is 0. The Morgan fingerprint density at radius 1 is 1.31 bits per heavy atom. The topological polar surface area (TPSA) is 38.7 Å². The molecule has 0 fully saturated rings. The summed E-state index contributed by atoms with van der Waals surface area (Å²) in [6.45, 7) is 1.83. The van der Waals surface area contributed by atoms with Gasteiger partial charge < -0.3 is 14.6 Å². The van der Waals surface area contributed by atoms with E-state index in [4.69, 9.17) is 9.47 Å². The maximum Gasteiger partial charge on any atom is 0.0700 e. The molecule has 0 bridgehead atoms. The molecule has 0 saturated heterocycles. The Balaban J connectivity index is 1.96. The van der Waals surface area contributed by atoms with Crippen LogP contribution in [0.15, 0.2) is 16.8 Å². The third kappa shape index (κ3) is 6.23. The van der Waals surface area contributed by atoms with E-state index >= 15 is 0 Å². The first-order chi connectivity index (χ1) is 7.83. The molecule has 0 spiro atoms. The van der Waals surface area contributed by atoms with Crippen LogP contribution in [0.5, 0.6) is 0 Å². The molecule has 1 aromatic heterocycles. The predicted molar refractivity (Wildman–Crippen MR) is 66.0 cm³/mol. The van der Waals surface area contributed by atoms with Gasteiger partial charge in [0.1, 0.15) is 0 Å². The third-order valence-electron chi connectivity index (χ3n) is 2.37. The highest BCUT2D eigenvalue weighted by atomic mass is 32.1. The fraction of sp³-hybridized carbons (Fsp3) is 0.667. The predicted octanol–water partition coefficient (Wildman–Crippen LogP) is 2.09.